The molecule has 1 aromatic heterocycles. The van der Waals surface area contributed by atoms with Crippen LogP contribution in [-0.2, 0) is 18.3 Å². The minimum atomic E-state index is -0.0267. The molecule has 0 aliphatic carbocycles. The van der Waals surface area contributed by atoms with Gasteiger partial charge in [0, 0.05) is 13.6 Å². The van der Waals surface area contributed by atoms with Crippen molar-refractivity contribution in [3.63, 3.8) is 0 Å². The second kappa shape index (κ2) is 8.58. The van der Waals surface area contributed by atoms with Crippen LogP contribution in [0.2, 0.25) is 0 Å². The number of benzene rings is 1. The Morgan fingerprint density at radius 3 is 2.62 bits per heavy atom. The first-order valence-electron chi connectivity index (χ1n) is 7.51. The number of hydrogen-bond donors (Lipinski definition) is 1. The molecule has 24 heavy (non-hydrogen) atoms. The third kappa shape index (κ3) is 4.64. The number of thioether (sulfide) groups is 1. The molecule has 0 saturated heterocycles. The SMILES string of the molecule is COc1ccc(CCNC(=O)CSc2nnc(C)n2C)cc1OC. The molecule has 130 valence electrons. The zero-order chi connectivity index (χ0) is 17.5. The smallest absolute Gasteiger partial charge is 0.230 e. The molecule has 1 amide bonds. The highest BCUT2D eigenvalue weighted by atomic mass is 32.2. The Balaban J connectivity index is 1.77. The number of amides is 1. The van der Waals surface area contributed by atoms with E-state index < -0.39 is 0 Å². The van der Waals surface area contributed by atoms with Gasteiger partial charge in [0.25, 0.3) is 0 Å². The summed E-state index contributed by atoms with van der Waals surface area (Å²) in [5.41, 5.74) is 1.07. The standard InChI is InChI=1S/C16H22N4O3S/c1-11-18-19-16(20(11)2)24-10-15(21)17-8-7-12-5-6-13(22-3)14(9-12)23-4/h5-6,9H,7-8,10H2,1-4H3,(H,17,21). The van der Waals surface area contributed by atoms with Crippen LogP contribution < -0.4 is 14.8 Å². The Hall–Kier alpha value is -2.22. The highest BCUT2D eigenvalue weighted by Gasteiger charge is 2.09. The molecule has 8 heteroatoms. The van der Waals surface area contributed by atoms with Gasteiger partial charge < -0.3 is 19.4 Å². The molecule has 0 radical (unpaired) electrons. The van der Waals surface area contributed by atoms with E-state index >= 15 is 0 Å². The van der Waals surface area contributed by atoms with Crippen molar-refractivity contribution in [2.45, 2.75) is 18.5 Å². The molecule has 1 aromatic carbocycles. The molecule has 0 atom stereocenters. The first-order chi connectivity index (χ1) is 11.5. The summed E-state index contributed by atoms with van der Waals surface area (Å²) in [5, 5.41) is 11.6. The highest BCUT2D eigenvalue weighted by molar-refractivity contribution is 7.99. The van der Waals surface area contributed by atoms with Crippen molar-refractivity contribution < 1.29 is 14.3 Å². The lowest BCUT2D eigenvalue weighted by atomic mass is 10.1. The summed E-state index contributed by atoms with van der Waals surface area (Å²) in [5.74, 6) is 2.50. The van der Waals surface area contributed by atoms with Gasteiger partial charge in [0.1, 0.15) is 5.82 Å². The Morgan fingerprint density at radius 2 is 2.00 bits per heavy atom. The number of carbonyl (C=O) groups is 1. The largest absolute Gasteiger partial charge is 0.493 e. The number of aromatic nitrogens is 3. The summed E-state index contributed by atoms with van der Waals surface area (Å²) in [4.78, 5) is 11.9. The Kier molecular flexibility index (Phi) is 6.48. The molecule has 0 aliphatic heterocycles. The first kappa shape index (κ1) is 18.1. The topological polar surface area (TPSA) is 78.3 Å². The van der Waals surface area contributed by atoms with E-state index in [9.17, 15) is 4.79 Å². The summed E-state index contributed by atoms with van der Waals surface area (Å²) >= 11 is 1.37. The van der Waals surface area contributed by atoms with E-state index in [2.05, 4.69) is 15.5 Å². The van der Waals surface area contributed by atoms with Crippen molar-refractivity contribution in [1.82, 2.24) is 20.1 Å². The fourth-order valence-electron chi connectivity index (χ4n) is 2.08. The summed E-state index contributed by atoms with van der Waals surface area (Å²) in [7, 11) is 5.09. The number of nitrogens with zero attached hydrogens (tertiary/aromatic N) is 3. The molecule has 0 spiro atoms. The number of methoxy groups -OCH3 is 2. The molecular weight excluding hydrogens is 328 g/mol. The monoisotopic (exact) mass is 350 g/mol. The predicted octanol–water partition coefficient (Wildman–Crippen LogP) is 1.59. The van der Waals surface area contributed by atoms with Crippen LogP contribution in [0.1, 0.15) is 11.4 Å². The van der Waals surface area contributed by atoms with Crippen LogP contribution in [0.5, 0.6) is 11.5 Å². The second-order valence-electron chi connectivity index (χ2n) is 5.17. The zero-order valence-corrected chi connectivity index (χ0v) is 15.1. The van der Waals surface area contributed by atoms with Crippen molar-refractivity contribution in [2.24, 2.45) is 7.05 Å². The summed E-state index contributed by atoms with van der Waals surface area (Å²) in [6.07, 6.45) is 0.722. The predicted molar refractivity (Wildman–Crippen MR) is 92.7 cm³/mol. The number of ether oxygens (including phenoxy) is 2. The molecular formula is C16H22N4O3S. The molecule has 1 N–H and O–H groups in total. The van der Waals surface area contributed by atoms with E-state index in [1.807, 2.05) is 36.7 Å². The number of carbonyl (C=O) groups excluding carboxylic acids is 1. The van der Waals surface area contributed by atoms with E-state index in [1.165, 1.54) is 11.8 Å². The van der Waals surface area contributed by atoms with E-state index in [1.54, 1.807) is 14.2 Å². The number of hydrogen-bond acceptors (Lipinski definition) is 6. The van der Waals surface area contributed by atoms with Gasteiger partial charge in [0.15, 0.2) is 16.7 Å². The third-order valence-electron chi connectivity index (χ3n) is 3.57. The van der Waals surface area contributed by atoms with Crippen LogP contribution in [-0.4, -0.2) is 47.2 Å². The van der Waals surface area contributed by atoms with Gasteiger partial charge in [-0.15, -0.1) is 10.2 Å². The van der Waals surface area contributed by atoms with Gasteiger partial charge in [0.05, 0.1) is 20.0 Å². The molecule has 7 nitrogen and oxygen atoms in total. The van der Waals surface area contributed by atoms with Gasteiger partial charge in [-0.25, -0.2) is 0 Å². The molecule has 0 fully saturated rings. The van der Waals surface area contributed by atoms with Crippen LogP contribution in [0, 0.1) is 6.92 Å². The van der Waals surface area contributed by atoms with Crippen LogP contribution in [0.4, 0.5) is 0 Å². The van der Waals surface area contributed by atoms with Crippen LogP contribution in [0.3, 0.4) is 0 Å². The van der Waals surface area contributed by atoms with Gasteiger partial charge in [-0.3, -0.25) is 4.79 Å². The number of aryl methyl sites for hydroxylation is 1. The van der Waals surface area contributed by atoms with Gasteiger partial charge in [-0.2, -0.15) is 0 Å². The maximum absolute atomic E-state index is 11.9. The normalized spacial score (nSPS) is 10.5. The fourth-order valence-corrected chi connectivity index (χ4v) is 2.86. The highest BCUT2D eigenvalue weighted by Crippen LogP contribution is 2.27. The molecule has 0 bridgehead atoms. The molecule has 1 heterocycles. The van der Waals surface area contributed by atoms with E-state index in [4.69, 9.17) is 9.47 Å². The minimum absolute atomic E-state index is 0.0267. The summed E-state index contributed by atoms with van der Waals surface area (Å²) in [6.45, 7) is 2.44. The molecule has 0 unspecified atom stereocenters. The Labute approximate surface area is 145 Å². The summed E-state index contributed by atoms with van der Waals surface area (Å²) in [6, 6.07) is 5.74. The maximum Gasteiger partial charge on any atom is 0.230 e. The van der Waals surface area contributed by atoms with Gasteiger partial charge in [0.2, 0.25) is 5.91 Å². The molecule has 0 saturated carbocycles. The lowest BCUT2D eigenvalue weighted by Crippen LogP contribution is -2.27. The van der Waals surface area contributed by atoms with Gasteiger partial charge in [-0.1, -0.05) is 17.8 Å². The fraction of sp³-hybridized carbons (Fsp3) is 0.438. The molecule has 2 rings (SSSR count). The van der Waals surface area contributed by atoms with E-state index in [0.29, 0.717) is 23.8 Å². The average molecular weight is 350 g/mol. The second-order valence-corrected chi connectivity index (χ2v) is 6.11. The van der Waals surface area contributed by atoms with E-state index in [-0.39, 0.29) is 5.91 Å². The summed E-state index contributed by atoms with van der Waals surface area (Å²) < 4.78 is 12.3. The Bertz CT molecular complexity index is 703. The van der Waals surface area contributed by atoms with E-state index in [0.717, 1.165) is 23.0 Å². The molecule has 2 aromatic rings. The number of rotatable bonds is 8. The lowest BCUT2D eigenvalue weighted by Gasteiger charge is -2.10. The molecule has 0 aliphatic rings. The average Bonchev–Trinajstić information content (AvgIpc) is 2.91. The van der Waals surface area contributed by atoms with Crippen molar-refractivity contribution >= 4 is 17.7 Å². The maximum atomic E-state index is 11.9. The van der Waals surface area contributed by atoms with Crippen LogP contribution >= 0.6 is 11.8 Å². The van der Waals surface area contributed by atoms with Crippen molar-refractivity contribution in [3.8, 4) is 11.5 Å². The van der Waals surface area contributed by atoms with Crippen molar-refractivity contribution in [1.29, 1.82) is 0 Å². The quantitative estimate of drug-likeness (QED) is 0.729. The minimum Gasteiger partial charge on any atom is -0.493 e. The zero-order valence-electron chi connectivity index (χ0n) is 14.3. The van der Waals surface area contributed by atoms with Crippen molar-refractivity contribution in [3.05, 3.63) is 29.6 Å². The third-order valence-corrected chi connectivity index (χ3v) is 4.59. The van der Waals surface area contributed by atoms with Gasteiger partial charge in [-0.05, 0) is 31.0 Å². The van der Waals surface area contributed by atoms with Crippen LogP contribution in [0.25, 0.3) is 0 Å². The van der Waals surface area contributed by atoms with Gasteiger partial charge >= 0.3 is 0 Å². The Morgan fingerprint density at radius 1 is 1.25 bits per heavy atom. The first-order valence-corrected chi connectivity index (χ1v) is 8.50. The van der Waals surface area contributed by atoms with Crippen LogP contribution in [0.15, 0.2) is 23.4 Å². The number of nitrogens with one attached hydrogen (secondary N) is 1. The lowest BCUT2D eigenvalue weighted by molar-refractivity contribution is -0.118. The van der Waals surface area contributed by atoms with Crippen molar-refractivity contribution in [2.75, 3.05) is 26.5 Å².